The van der Waals surface area contributed by atoms with Crippen LogP contribution in [0.1, 0.15) is 66.1 Å². The number of hydrogen-bond acceptors (Lipinski definition) is 6. The van der Waals surface area contributed by atoms with Gasteiger partial charge in [-0.1, -0.05) is 36.8 Å². The van der Waals surface area contributed by atoms with Crippen LogP contribution in [0, 0.1) is 13.8 Å². The molecule has 0 saturated carbocycles. The van der Waals surface area contributed by atoms with Crippen LogP contribution in [0.15, 0.2) is 48.5 Å². The third-order valence-electron chi connectivity index (χ3n) is 7.58. The summed E-state index contributed by atoms with van der Waals surface area (Å²) in [6, 6.07) is 15.9. The Kier molecular flexibility index (Phi) is 10.3. The molecule has 1 N–H and O–H groups in total. The van der Waals surface area contributed by atoms with Crippen molar-refractivity contribution in [3.63, 3.8) is 0 Å². The van der Waals surface area contributed by atoms with Crippen molar-refractivity contribution in [3.05, 3.63) is 81.9 Å². The van der Waals surface area contributed by atoms with Gasteiger partial charge in [-0.25, -0.2) is 4.79 Å². The van der Waals surface area contributed by atoms with Gasteiger partial charge in [0.1, 0.15) is 5.75 Å². The largest absolute Gasteiger partial charge is 0.495 e. The average Bonchev–Trinajstić information content (AvgIpc) is 2.97. The van der Waals surface area contributed by atoms with Crippen LogP contribution in [-0.4, -0.2) is 50.9 Å². The second kappa shape index (κ2) is 14.1. The molecule has 3 aromatic carbocycles. The predicted octanol–water partition coefficient (Wildman–Crippen LogP) is 6.78. The summed E-state index contributed by atoms with van der Waals surface area (Å²) >= 11 is 0. The molecular weight excluding hydrogens is 532 g/mol. The van der Waals surface area contributed by atoms with Gasteiger partial charge in [0.25, 0.3) is 0 Å². The van der Waals surface area contributed by atoms with Gasteiger partial charge < -0.3 is 23.8 Å². The van der Waals surface area contributed by atoms with Crippen LogP contribution < -0.4 is 19.5 Å². The minimum Gasteiger partial charge on any atom is -0.495 e. The molecular formula is C34H42N2O6. The fourth-order valence-corrected chi connectivity index (χ4v) is 5.54. The SMILES string of the molecule is CCCC(=O)N1CCc2cc(OC)c(OCCc3ccc(NC(=O)OCC)c(OC)c3)cc2C1c1ccc(C)cc1C. The number of carbonyl (C=O) groups is 2. The average molecular weight is 575 g/mol. The van der Waals surface area contributed by atoms with Crippen LogP contribution in [-0.2, 0) is 22.4 Å². The molecule has 2 amide bonds. The molecule has 1 heterocycles. The number of fused-ring (bicyclic) bond motifs is 1. The van der Waals surface area contributed by atoms with E-state index in [1.165, 1.54) is 11.1 Å². The summed E-state index contributed by atoms with van der Waals surface area (Å²) in [5.41, 5.74) is 7.25. The van der Waals surface area contributed by atoms with Crippen molar-refractivity contribution >= 4 is 17.7 Å². The van der Waals surface area contributed by atoms with Gasteiger partial charge in [-0.15, -0.1) is 0 Å². The molecule has 42 heavy (non-hydrogen) atoms. The molecule has 1 atom stereocenters. The van der Waals surface area contributed by atoms with Gasteiger partial charge in [-0.2, -0.15) is 0 Å². The first-order chi connectivity index (χ1) is 20.3. The van der Waals surface area contributed by atoms with E-state index >= 15 is 0 Å². The minimum absolute atomic E-state index is 0.168. The van der Waals surface area contributed by atoms with Crippen molar-refractivity contribution in [2.75, 3.05) is 39.3 Å². The Labute approximate surface area is 248 Å². The highest BCUT2D eigenvalue weighted by Gasteiger charge is 2.33. The molecule has 8 nitrogen and oxygen atoms in total. The Balaban J connectivity index is 1.60. The second-order valence-corrected chi connectivity index (χ2v) is 10.5. The Morgan fingerprint density at radius 2 is 1.71 bits per heavy atom. The van der Waals surface area contributed by atoms with Gasteiger partial charge in [0.15, 0.2) is 11.5 Å². The maximum Gasteiger partial charge on any atom is 0.411 e. The van der Waals surface area contributed by atoms with Gasteiger partial charge >= 0.3 is 6.09 Å². The summed E-state index contributed by atoms with van der Waals surface area (Å²) in [6.45, 7) is 9.34. The number of anilines is 1. The number of aryl methyl sites for hydroxylation is 2. The van der Waals surface area contributed by atoms with Crippen LogP contribution in [0.3, 0.4) is 0 Å². The lowest BCUT2D eigenvalue weighted by Crippen LogP contribution is -2.40. The molecule has 0 bridgehead atoms. The van der Waals surface area contributed by atoms with Crippen molar-refractivity contribution < 1.29 is 28.5 Å². The standard InChI is InChI=1S/C34H42N2O6/c1-7-9-32(37)36-16-14-25-20-30(40-6)31(21-27(25)33(36)26-12-10-22(3)18-23(26)4)42-17-15-24-11-13-28(29(19-24)39-5)35-34(38)41-8-2/h10-13,18-21,33H,7-9,14-17H2,1-6H3,(H,35,38). The lowest BCUT2D eigenvalue weighted by Gasteiger charge is -2.39. The molecule has 4 rings (SSSR count). The fraction of sp³-hybridized carbons (Fsp3) is 0.412. The summed E-state index contributed by atoms with van der Waals surface area (Å²) in [4.78, 5) is 27.2. The zero-order valence-corrected chi connectivity index (χ0v) is 25.5. The first kappa shape index (κ1) is 30.8. The summed E-state index contributed by atoms with van der Waals surface area (Å²) in [5.74, 6) is 2.03. The number of benzene rings is 3. The van der Waals surface area contributed by atoms with Crippen LogP contribution in [0.5, 0.6) is 17.2 Å². The van der Waals surface area contributed by atoms with E-state index in [0.717, 1.165) is 35.1 Å². The van der Waals surface area contributed by atoms with Gasteiger partial charge in [0.05, 0.1) is 39.2 Å². The number of nitrogens with one attached hydrogen (secondary N) is 1. The molecule has 1 aliphatic rings. The Hall–Kier alpha value is -4.20. The maximum absolute atomic E-state index is 13.3. The van der Waals surface area contributed by atoms with Crippen LogP contribution in [0.4, 0.5) is 10.5 Å². The van der Waals surface area contributed by atoms with Gasteiger partial charge in [0, 0.05) is 19.4 Å². The van der Waals surface area contributed by atoms with Crippen molar-refractivity contribution in [3.8, 4) is 17.2 Å². The van der Waals surface area contributed by atoms with E-state index in [1.54, 1.807) is 27.2 Å². The topological polar surface area (TPSA) is 86.3 Å². The van der Waals surface area contributed by atoms with Crippen LogP contribution in [0.2, 0.25) is 0 Å². The number of ether oxygens (including phenoxy) is 4. The van der Waals surface area contributed by atoms with E-state index in [0.29, 0.717) is 48.9 Å². The summed E-state index contributed by atoms with van der Waals surface area (Å²) in [5, 5.41) is 2.70. The maximum atomic E-state index is 13.3. The van der Waals surface area contributed by atoms with E-state index < -0.39 is 6.09 Å². The van der Waals surface area contributed by atoms with E-state index in [2.05, 4.69) is 49.5 Å². The molecule has 0 aliphatic carbocycles. The van der Waals surface area contributed by atoms with Crippen LogP contribution >= 0.6 is 0 Å². The highest BCUT2D eigenvalue weighted by Crippen LogP contribution is 2.42. The molecule has 0 fully saturated rings. The second-order valence-electron chi connectivity index (χ2n) is 10.5. The van der Waals surface area contributed by atoms with Crippen molar-refractivity contribution in [2.45, 2.75) is 59.4 Å². The van der Waals surface area contributed by atoms with E-state index in [9.17, 15) is 9.59 Å². The number of nitrogens with zero attached hydrogens (tertiary/aromatic N) is 1. The Morgan fingerprint density at radius 1 is 0.929 bits per heavy atom. The van der Waals surface area contributed by atoms with Crippen molar-refractivity contribution in [2.24, 2.45) is 0 Å². The molecule has 0 radical (unpaired) electrons. The molecule has 1 aliphatic heterocycles. The predicted molar refractivity (Wildman–Crippen MR) is 164 cm³/mol. The number of amides is 2. The van der Waals surface area contributed by atoms with Crippen LogP contribution in [0.25, 0.3) is 0 Å². The lowest BCUT2D eigenvalue weighted by molar-refractivity contribution is -0.133. The highest BCUT2D eigenvalue weighted by atomic mass is 16.5. The third kappa shape index (κ3) is 6.98. The van der Waals surface area contributed by atoms with E-state index in [1.807, 2.05) is 24.0 Å². The molecule has 8 heteroatoms. The molecule has 224 valence electrons. The summed E-state index contributed by atoms with van der Waals surface area (Å²) < 4.78 is 22.5. The number of rotatable bonds is 11. The first-order valence-electron chi connectivity index (χ1n) is 14.6. The van der Waals surface area contributed by atoms with Gasteiger partial charge in [-0.3, -0.25) is 10.1 Å². The molecule has 0 aromatic heterocycles. The molecule has 1 unspecified atom stereocenters. The van der Waals surface area contributed by atoms with Gasteiger partial charge in [-0.05, 0) is 85.7 Å². The third-order valence-corrected chi connectivity index (χ3v) is 7.58. The summed E-state index contributed by atoms with van der Waals surface area (Å²) in [6.07, 6.45) is 2.17. The van der Waals surface area contributed by atoms with Crippen molar-refractivity contribution in [1.82, 2.24) is 4.90 Å². The van der Waals surface area contributed by atoms with Crippen molar-refractivity contribution in [1.29, 1.82) is 0 Å². The lowest BCUT2D eigenvalue weighted by atomic mass is 9.85. The normalized spacial score (nSPS) is 14.1. The Bertz CT molecular complexity index is 1420. The number of carbonyl (C=O) groups excluding carboxylic acids is 2. The van der Waals surface area contributed by atoms with E-state index in [4.69, 9.17) is 18.9 Å². The quantitative estimate of drug-likeness (QED) is 0.272. The Morgan fingerprint density at radius 3 is 2.40 bits per heavy atom. The monoisotopic (exact) mass is 574 g/mol. The zero-order chi connectivity index (χ0) is 30.2. The van der Waals surface area contributed by atoms with E-state index in [-0.39, 0.29) is 18.6 Å². The fourth-order valence-electron chi connectivity index (χ4n) is 5.54. The molecule has 0 saturated heterocycles. The minimum atomic E-state index is -0.527. The molecule has 3 aromatic rings. The highest BCUT2D eigenvalue weighted by molar-refractivity contribution is 5.86. The molecule has 0 spiro atoms. The zero-order valence-electron chi connectivity index (χ0n) is 25.5. The number of hydrogen-bond donors (Lipinski definition) is 1. The smallest absolute Gasteiger partial charge is 0.411 e. The first-order valence-corrected chi connectivity index (χ1v) is 14.6. The van der Waals surface area contributed by atoms with Gasteiger partial charge in [0.2, 0.25) is 5.91 Å². The number of methoxy groups -OCH3 is 2. The summed E-state index contributed by atoms with van der Waals surface area (Å²) in [7, 11) is 3.21.